The van der Waals surface area contributed by atoms with Gasteiger partial charge in [0.25, 0.3) is 0 Å². The average molecular weight is 278 g/mol. The lowest BCUT2D eigenvalue weighted by molar-refractivity contribution is 0.0979. The highest BCUT2D eigenvalue weighted by Crippen LogP contribution is 2.33. The van der Waals surface area contributed by atoms with Crippen molar-refractivity contribution in [2.24, 2.45) is 0 Å². The van der Waals surface area contributed by atoms with Gasteiger partial charge in [0.15, 0.2) is 5.78 Å². The lowest BCUT2D eigenvalue weighted by Gasteiger charge is -2.22. The molecule has 2 aromatic rings. The molecule has 2 aromatic carbocycles. The van der Waals surface area contributed by atoms with Gasteiger partial charge in [-0.2, -0.15) is 0 Å². The molecule has 1 N–H and O–H groups in total. The maximum Gasteiger partial charge on any atom is 0.189 e. The molecule has 21 heavy (non-hydrogen) atoms. The minimum Gasteiger partial charge on any atom is -0.388 e. The maximum atomic E-state index is 12.6. The van der Waals surface area contributed by atoms with Crippen LogP contribution < -0.4 is 0 Å². The Morgan fingerprint density at radius 3 is 2.48 bits per heavy atom. The summed E-state index contributed by atoms with van der Waals surface area (Å²) in [5, 5.41) is 10.2. The molecule has 1 aliphatic rings. The normalized spacial score (nSPS) is 19.7. The van der Waals surface area contributed by atoms with Gasteiger partial charge in [0.2, 0.25) is 0 Å². The molecule has 0 saturated carbocycles. The molecule has 0 unspecified atom stereocenters. The molecule has 106 valence electrons. The first-order chi connectivity index (χ1) is 10.0. The number of carbonyl (C=O) groups is 1. The van der Waals surface area contributed by atoms with Gasteiger partial charge in [-0.05, 0) is 31.1 Å². The summed E-state index contributed by atoms with van der Waals surface area (Å²) in [4.78, 5) is 12.6. The quantitative estimate of drug-likeness (QED) is 0.800. The van der Waals surface area contributed by atoms with Gasteiger partial charge in [-0.25, -0.2) is 0 Å². The summed E-state index contributed by atoms with van der Waals surface area (Å²) in [6.07, 6.45) is 1.68. The van der Waals surface area contributed by atoms with Gasteiger partial charge in [0, 0.05) is 17.6 Å². The topological polar surface area (TPSA) is 37.3 Å². The Morgan fingerprint density at radius 2 is 1.76 bits per heavy atom. The largest absolute Gasteiger partial charge is 0.388 e. The first-order valence-corrected chi connectivity index (χ1v) is 7.15. The number of hydrogen-bond donors (Lipinski definition) is 1. The predicted octanol–water partition coefficient (Wildman–Crippen LogP) is 4.01. The molecule has 0 heterocycles. The molecular weight excluding hydrogens is 260 g/mol. The van der Waals surface area contributed by atoms with Gasteiger partial charge >= 0.3 is 0 Å². The Bertz CT molecular complexity index is 721. The summed E-state index contributed by atoms with van der Waals surface area (Å²) in [6, 6.07) is 13.5. The Balaban J connectivity index is 2.04. The summed E-state index contributed by atoms with van der Waals surface area (Å²) in [5.41, 5.74) is 5.39. The van der Waals surface area contributed by atoms with Gasteiger partial charge in [-0.1, -0.05) is 53.6 Å². The van der Waals surface area contributed by atoms with Crippen LogP contribution in [0.5, 0.6) is 0 Å². The van der Waals surface area contributed by atoms with Crippen LogP contribution in [0.15, 0.2) is 48.0 Å². The molecule has 1 atom stereocenters. The fraction of sp³-hybridized carbons (Fsp3) is 0.211. The van der Waals surface area contributed by atoms with E-state index >= 15 is 0 Å². The molecule has 0 radical (unpaired) electrons. The smallest absolute Gasteiger partial charge is 0.189 e. The lowest BCUT2D eigenvalue weighted by atomic mass is 9.84. The van der Waals surface area contributed by atoms with Gasteiger partial charge in [0.05, 0.1) is 6.10 Å². The second-order valence-electron chi connectivity index (χ2n) is 5.73. The average Bonchev–Trinajstić information content (AvgIpc) is 2.43. The van der Waals surface area contributed by atoms with E-state index in [-0.39, 0.29) is 5.78 Å². The number of aliphatic hydroxyl groups is 1. The standard InChI is InChI=1S/C19H18O2/c1-12-7-13(2)9-14(8-12)10-15-11-18(20)16-5-3-4-6-17(16)19(15)21/h3-10,18,20H,11H2,1-2H3/b15-10+/t18-/m0/s1. The van der Waals surface area contributed by atoms with E-state index in [1.54, 1.807) is 6.07 Å². The molecule has 0 aromatic heterocycles. The molecule has 2 heteroatoms. The third-order valence-electron chi connectivity index (χ3n) is 3.85. The predicted molar refractivity (Wildman–Crippen MR) is 84.2 cm³/mol. The first-order valence-electron chi connectivity index (χ1n) is 7.15. The third-order valence-corrected chi connectivity index (χ3v) is 3.85. The summed E-state index contributed by atoms with van der Waals surface area (Å²) >= 11 is 0. The van der Waals surface area contributed by atoms with Crippen molar-refractivity contribution < 1.29 is 9.90 Å². The molecule has 0 aliphatic heterocycles. The van der Waals surface area contributed by atoms with Crippen LogP contribution in [0.4, 0.5) is 0 Å². The zero-order valence-electron chi connectivity index (χ0n) is 12.3. The molecule has 2 nitrogen and oxygen atoms in total. The number of fused-ring (bicyclic) bond motifs is 1. The maximum absolute atomic E-state index is 12.6. The van der Waals surface area contributed by atoms with Crippen molar-refractivity contribution in [3.63, 3.8) is 0 Å². The van der Waals surface area contributed by atoms with Crippen molar-refractivity contribution in [2.45, 2.75) is 26.4 Å². The van der Waals surface area contributed by atoms with Crippen molar-refractivity contribution in [3.8, 4) is 0 Å². The highest BCUT2D eigenvalue weighted by Gasteiger charge is 2.27. The van der Waals surface area contributed by atoms with E-state index in [9.17, 15) is 9.90 Å². The second kappa shape index (κ2) is 5.30. The van der Waals surface area contributed by atoms with Crippen molar-refractivity contribution >= 4 is 11.9 Å². The summed E-state index contributed by atoms with van der Waals surface area (Å²) in [5.74, 6) is 0.0232. The number of benzene rings is 2. The van der Waals surface area contributed by atoms with E-state index in [4.69, 9.17) is 0 Å². The van der Waals surface area contributed by atoms with Crippen LogP contribution in [-0.4, -0.2) is 10.9 Å². The molecule has 0 spiro atoms. The van der Waals surface area contributed by atoms with Crippen LogP contribution in [0.2, 0.25) is 0 Å². The fourth-order valence-corrected chi connectivity index (χ4v) is 3.00. The number of ketones is 1. The lowest BCUT2D eigenvalue weighted by Crippen LogP contribution is -2.18. The molecule has 0 saturated heterocycles. The Kier molecular flexibility index (Phi) is 3.48. The molecule has 0 amide bonds. The van der Waals surface area contributed by atoms with E-state index < -0.39 is 6.10 Å². The van der Waals surface area contributed by atoms with Gasteiger partial charge in [-0.15, -0.1) is 0 Å². The SMILES string of the molecule is Cc1cc(C)cc(/C=C2\C[C@H](O)c3ccccc3C2=O)c1. The van der Waals surface area contributed by atoms with Crippen LogP contribution in [0.25, 0.3) is 6.08 Å². The van der Waals surface area contributed by atoms with E-state index in [0.717, 1.165) is 11.1 Å². The van der Waals surface area contributed by atoms with Crippen molar-refractivity contribution in [1.82, 2.24) is 0 Å². The Morgan fingerprint density at radius 1 is 1.10 bits per heavy atom. The third kappa shape index (κ3) is 2.67. The Hall–Kier alpha value is -2.19. The van der Waals surface area contributed by atoms with Crippen LogP contribution in [-0.2, 0) is 0 Å². The van der Waals surface area contributed by atoms with Crippen LogP contribution in [0, 0.1) is 13.8 Å². The number of carbonyl (C=O) groups excluding carboxylic acids is 1. The second-order valence-corrected chi connectivity index (χ2v) is 5.73. The monoisotopic (exact) mass is 278 g/mol. The van der Waals surface area contributed by atoms with E-state index in [1.165, 1.54) is 11.1 Å². The molecular formula is C19H18O2. The van der Waals surface area contributed by atoms with Crippen molar-refractivity contribution in [3.05, 3.63) is 75.9 Å². The first kappa shape index (κ1) is 13.8. The minimum atomic E-state index is -0.601. The molecule has 1 aliphatic carbocycles. The zero-order chi connectivity index (χ0) is 15.0. The highest BCUT2D eigenvalue weighted by atomic mass is 16.3. The number of hydrogen-bond acceptors (Lipinski definition) is 2. The molecule has 0 fully saturated rings. The number of aliphatic hydroxyl groups excluding tert-OH is 1. The van der Waals surface area contributed by atoms with Crippen LogP contribution >= 0.6 is 0 Å². The summed E-state index contributed by atoms with van der Waals surface area (Å²) in [7, 11) is 0. The van der Waals surface area contributed by atoms with Gasteiger partial charge in [0.1, 0.15) is 0 Å². The number of aryl methyl sites for hydroxylation is 2. The molecule has 3 rings (SSSR count). The summed E-state index contributed by atoms with van der Waals surface area (Å²) < 4.78 is 0. The number of Topliss-reactive ketones (excluding diaryl/α,β-unsaturated/α-hetero) is 1. The van der Waals surface area contributed by atoms with Crippen LogP contribution in [0.3, 0.4) is 0 Å². The Labute approximate surface area is 124 Å². The van der Waals surface area contributed by atoms with Crippen molar-refractivity contribution in [1.29, 1.82) is 0 Å². The summed E-state index contributed by atoms with van der Waals surface area (Å²) in [6.45, 7) is 4.09. The zero-order valence-corrected chi connectivity index (χ0v) is 12.3. The van der Waals surface area contributed by atoms with E-state index in [1.807, 2.05) is 38.1 Å². The van der Waals surface area contributed by atoms with Crippen LogP contribution in [0.1, 0.15) is 45.1 Å². The van der Waals surface area contributed by atoms with Gasteiger partial charge < -0.3 is 5.11 Å². The number of rotatable bonds is 1. The van der Waals surface area contributed by atoms with Crippen molar-refractivity contribution in [2.75, 3.05) is 0 Å². The minimum absolute atomic E-state index is 0.0232. The van der Waals surface area contributed by atoms with E-state index in [2.05, 4.69) is 18.2 Å². The highest BCUT2D eigenvalue weighted by molar-refractivity contribution is 6.13. The van der Waals surface area contributed by atoms with E-state index in [0.29, 0.717) is 17.6 Å². The fourth-order valence-electron chi connectivity index (χ4n) is 3.00. The molecule has 0 bridgehead atoms. The van der Waals surface area contributed by atoms with Gasteiger partial charge in [-0.3, -0.25) is 4.79 Å².